The average molecular weight is 393 g/mol. The first-order valence-electron chi connectivity index (χ1n) is 9.48. The van der Waals surface area contributed by atoms with Gasteiger partial charge in [-0.25, -0.2) is 9.07 Å². The fraction of sp³-hybridized carbons (Fsp3) is 0.227. The van der Waals surface area contributed by atoms with Gasteiger partial charge in [-0.05, 0) is 61.4 Å². The Hall–Kier alpha value is -3.48. The van der Waals surface area contributed by atoms with Crippen LogP contribution in [0, 0.1) is 5.82 Å². The Labute approximate surface area is 166 Å². The molecule has 1 fully saturated rings. The quantitative estimate of drug-likeness (QED) is 0.667. The molecule has 3 aromatic rings. The van der Waals surface area contributed by atoms with E-state index < -0.39 is 0 Å². The summed E-state index contributed by atoms with van der Waals surface area (Å²) in [5.41, 5.74) is 1.18. The van der Waals surface area contributed by atoms with Crippen LogP contribution in [0.3, 0.4) is 0 Å². The predicted molar refractivity (Wildman–Crippen MR) is 106 cm³/mol. The Bertz CT molecular complexity index is 1080. The molecule has 29 heavy (non-hydrogen) atoms. The van der Waals surface area contributed by atoms with Crippen molar-refractivity contribution in [2.75, 3.05) is 6.54 Å². The topological polar surface area (TPSA) is 73.2 Å². The van der Waals surface area contributed by atoms with E-state index in [9.17, 15) is 14.0 Å². The zero-order chi connectivity index (χ0) is 20.2. The van der Waals surface area contributed by atoms with Gasteiger partial charge < -0.3 is 10.1 Å². The Balaban J connectivity index is 1.36. The number of hydrogen-bond donors (Lipinski definition) is 1. The van der Waals surface area contributed by atoms with Gasteiger partial charge in [0.1, 0.15) is 17.3 Å². The zero-order valence-corrected chi connectivity index (χ0v) is 15.7. The molecule has 1 amide bonds. The van der Waals surface area contributed by atoms with E-state index in [1.54, 1.807) is 30.3 Å². The van der Waals surface area contributed by atoms with Crippen molar-refractivity contribution in [2.24, 2.45) is 0 Å². The minimum absolute atomic E-state index is 0.182. The van der Waals surface area contributed by atoms with Gasteiger partial charge in [-0.2, -0.15) is 5.10 Å². The molecule has 1 aliphatic carbocycles. The summed E-state index contributed by atoms with van der Waals surface area (Å²) in [6, 6.07) is 15.7. The molecule has 0 aliphatic heterocycles. The number of carbonyl (C=O) groups excluding carboxylic acids is 1. The molecule has 0 atom stereocenters. The average Bonchev–Trinajstić information content (AvgIpc) is 3.57. The Morgan fingerprint density at radius 3 is 2.66 bits per heavy atom. The molecule has 0 bridgehead atoms. The largest absolute Gasteiger partial charge is 0.457 e. The van der Waals surface area contributed by atoms with Crippen LogP contribution in [0.5, 0.6) is 11.5 Å². The number of ether oxygens (including phenoxy) is 1. The summed E-state index contributed by atoms with van der Waals surface area (Å²) in [6.07, 6.45) is 2.22. The van der Waals surface area contributed by atoms with Gasteiger partial charge in [-0.1, -0.05) is 6.07 Å². The van der Waals surface area contributed by atoms with Gasteiger partial charge >= 0.3 is 0 Å². The van der Waals surface area contributed by atoms with E-state index in [2.05, 4.69) is 10.4 Å². The molecule has 1 saturated carbocycles. The number of aromatic nitrogens is 2. The summed E-state index contributed by atoms with van der Waals surface area (Å²) in [7, 11) is 0. The van der Waals surface area contributed by atoms with Crippen LogP contribution in [0.25, 0.3) is 0 Å². The molecule has 6 nitrogen and oxygen atoms in total. The van der Waals surface area contributed by atoms with Crippen molar-refractivity contribution in [3.63, 3.8) is 0 Å². The molecule has 7 heteroatoms. The third-order valence-electron chi connectivity index (χ3n) is 4.64. The number of hydrogen-bond acceptors (Lipinski definition) is 4. The highest BCUT2D eigenvalue weighted by atomic mass is 19.1. The highest BCUT2D eigenvalue weighted by molar-refractivity contribution is 5.94. The number of nitrogens with one attached hydrogen (secondary N) is 1. The minimum atomic E-state index is -0.346. The molecule has 1 aromatic heterocycles. The summed E-state index contributed by atoms with van der Waals surface area (Å²) in [5, 5.41) is 7.17. The maximum Gasteiger partial charge on any atom is 0.266 e. The SMILES string of the molecule is O=C(NCCn1nc(C2CC2)ccc1=O)c1cccc(Oc2ccc(F)cc2)c1. The van der Waals surface area contributed by atoms with Crippen molar-refractivity contribution in [1.29, 1.82) is 0 Å². The molecule has 1 N–H and O–H groups in total. The molecule has 0 spiro atoms. The number of halogens is 1. The third kappa shape index (κ3) is 4.87. The van der Waals surface area contributed by atoms with Crippen molar-refractivity contribution in [3.8, 4) is 11.5 Å². The lowest BCUT2D eigenvalue weighted by molar-refractivity contribution is 0.0951. The smallest absolute Gasteiger partial charge is 0.266 e. The van der Waals surface area contributed by atoms with Crippen LogP contribution in [0.15, 0.2) is 65.5 Å². The first-order chi connectivity index (χ1) is 14.1. The molecular formula is C22H20FN3O3. The number of rotatable bonds is 7. The maximum absolute atomic E-state index is 13.0. The fourth-order valence-electron chi connectivity index (χ4n) is 2.94. The molecule has 0 radical (unpaired) electrons. The van der Waals surface area contributed by atoms with E-state index in [4.69, 9.17) is 4.74 Å². The van der Waals surface area contributed by atoms with Crippen molar-refractivity contribution < 1.29 is 13.9 Å². The molecule has 4 rings (SSSR count). The predicted octanol–water partition coefficient (Wildman–Crippen LogP) is 3.48. The summed E-state index contributed by atoms with van der Waals surface area (Å²) >= 11 is 0. The Morgan fingerprint density at radius 2 is 1.90 bits per heavy atom. The van der Waals surface area contributed by atoms with E-state index in [1.165, 1.54) is 35.0 Å². The summed E-state index contributed by atoms with van der Waals surface area (Å²) < 4.78 is 20.0. The first-order valence-corrected chi connectivity index (χ1v) is 9.48. The normalized spacial score (nSPS) is 13.1. The Morgan fingerprint density at radius 1 is 1.10 bits per heavy atom. The number of amides is 1. The molecular weight excluding hydrogens is 373 g/mol. The standard InChI is InChI=1S/C22H20FN3O3/c23-17-6-8-18(9-7-17)29-19-3-1-2-16(14-19)22(28)24-12-13-26-21(27)11-10-20(25-26)15-4-5-15/h1-3,6-11,14-15H,4-5,12-13H2,(H,24,28). The number of benzene rings is 2. The maximum atomic E-state index is 13.0. The highest BCUT2D eigenvalue weighted by Gasteiger charge is 2.25. The van der Waals surface area contributed by atoms with E-state index in [-0.39, 0.29) is 23.8 Å². The summed E-state index contributed by atoms with van der Waals surface area (Å²) in [6.45, 7) is 0.583. The van der Waals surface area contributed by atoms with Crippen LogP contribution in [0.2, 0.25) is 0 Å². The lowest BCUT2D eigenvalue weighted by atomic mass is 10.2. The van der Waals surface area contributed by atoms with E-state index in [0.717, 1.165) is 18.5 Å². The van der Waals surface area contributed by atoms with Crippen LogP contribution < -0.4 is 15.6 Å². The Kier molecular flexibility index (Phi) is 5.37. The first kappa shape index (κ1) is 18.9. The number of nitrogens with zero attached hydrogens (tertiary/aromatic N) is 2. The van der Waals surface area contributed by atoms with Gasteiger partial charge in [-0.3, -0.25) is 9.59 Å². The second-order valence-corrected chi connectivity index (χ2v) is 6.93. The molecule has 1 aliphatic rings. The molecule has 148 valence electrons. The van der Waals surface area contributed by atoms with Crippen molar-refractivity contribution in [3.05, 3.63) is 88.1 Å². The second kappa shape index (κ2) is 8.26. The van der Waals surface area contributed by atoms with Gasteiger partial charge in [0.15, 0.2) is 0 Å². The van der Waals surface area contributed by atoms with Crippen molar-refractivity contribution in [1.82, 2.24) is 15.1 Å². The second-order valence-electron chi connectivity index (χ2n) is 6.93. The molecule has 0 saturated heterocycles. The van der Waals surface area contributed by atoms with E-state index >= 15 is 0 Å². The van der Waals surface area contributed by atoms with Crippen LogP contribution >= 0.6 is 0 Å². The van der Waals surface area contributed by atoms with Crippen LogP contribution in [0.1, 0.15) is 34.8 Å². The van der Waals surface area contributed by atoms with Gasteiger partial charge in [0.2, 0.25) is 0 Å². The monoisotopic (exact) mass is 393 g/mol. The lowest BCUT2D eigenvalue weighted by Gasteiger charge is -2.10. The highest BCUT2D eigenvalue weighted by Crippen LogP contribution is 2.38. The van der Waals surface area contributed by atoms with Gasteiger partial charge in [-0.15, -0.1) is 0 Å². The third-order valence-corrected chi connectivity index (χ3v) is 4.64. The molecule has 1 heterocycles. The summed E-state index contributed by atoms with van der Waals surface area (Å²) in [4.78, 5) is 24.4. The van der Waals surface area contributed by atoms with Crippen LogP contribution in [-0.4, -0.2) is 22.2 Å². The fourth-order valence-corrected chi connectivity index (χ4v) is 2.94. The van der Waals surface area contributed by atoms with Crippen LogP contribution in [0.4, 0.5) is 4.39 Å². The van der Waals surface area contributed by atoms with E-state index in [0.29, 0.717) is 29.5 Å². The zero-order valence-electron chi connectivity index (χ0n) is 15.7. The van der Waals surface area contributed by atoms with Crippen molar-refractivity contribution >= 4 is 5.91 Å². The number of carbonyl (C=O) groups is 1. The van der Waals surface area contributed by atoms with Gasteiger partial charge in [0.05, 0.1) is 12.2 Å². The van der Waals surface area contributed by atoms with Crippen LogP contribution in [-0.2, 0) is 6.54 Å². The molecule has 0 unspecified atom stereocenters. The van der Waals surface area contributed by atoms with Crippen molar-refractivity contribution in [2.45, 2.75) is 25.3 Å². The molecule has 2 aromatic carbocycles. The van der Waals surface area contributed by atoms with E-state index in [1.807, 2.05) is 0 Å². The van der Waals surface area contributed by atoms with Gasteiger partial charge in [0.25, 0.3) is 11.5 Å². The lowest BCUT2D eigenvalue weighted by Crippen LogP contribution is -2.32. The summed E-state index contributed by atoms with van der Waals surface area (Å²) in [5.74, 6) is 0.784. The minimum Gasteiger partial charge on any atom is -0.457 e. The van der Waals surface area contributed by atoms with Gasteiger partial charge in [0, 0.05) is 24.1 Å².